The highest BCUT2D eigenvalue weighted by molar-refractivity contribution is 5.92. The first-order valence-corrected chi connectivity index (χ1v) is 9.19. The van der Waals surface area contributed by atoms with Crippen LogP contribution in [0.1, 0.15) is 34.5 Å². The number of rotatable bonds is 5. The summed E-state index contributed by atoms with van der Waals surface area (Å²) in [5.74, 6) is -0.546. The Morgan fingerprint density at radius 3 is 2.39 bits per heavy atom. The highest BCUT2D eigenvalue weighted by atomic mass is 16.2. The van der Waals surface area contributed by atoms with E-state index in [1.807, 2.05) is 37.3 Å². The number of carbonyl (C=O) groups excluding carboxylic acids is 1. The van der Waals surface area contributed by atoms with Gasteiger partial charge in [0, 0.05) is 6.04 Å². The van der Waals surface area contributed by atoms with Crippen LogP contribution in [0.25, 0.3) is 5.69 Å². The molecule has 0 aliphatic heterocycles. The molecule has 0 saturated heterocycles. The van der Waals surface area contributed by atoms with Crippen molar-refractivity contribution in [2.24, 2.45) is 0 Å². The number of nitrogens with one attached hydrogen (secondary N) is 1. The number of para-hydroxylation sites is 1. The van der Waals surface area contributed by atoms with Gasteiger partial charge in [-0.15, -0.1) is 0 Å². The Bertz CT molecular complexity index is 1130. The van der Waals surface area contributed by atoms with Crippen LogP contribution in [-0.2, 0) is 6.54 Å². The number of carbonyl (C=O) groups is 1. The minimum Gasteiger partial charge on any atom is -0.348 e. The maximum Gasteiger partial charge on any atom is 0.352 e. The van der Waals surface area contributed by atoms with Gasteiger partial charge in [0.15, 0.2) is 0 Å². The van der Waals surface area contributed by atoms with Crippen LogP contribution in [0.2, 0.25) is 0 Å². The minimum atomic E-state index is -0.684. The molecule has 1 fully saturated rings. The Morgan fingerprint density at radius 2 is 1.75 bits per heavy atom. The van der Waals surface area contributed by atoms with Crippen molar-refractivity contribution < 1.29 is 4.79 Å². The van der Waals surface area contributed by atoms with Crippen molar-refractivity contribution in [2.45, 2.75) is 32.4 Å². The lowest BCUT2D eigenvalue weighted by atomic mass is 10.1. The fourth-order valence-corrected chi connectivity index (χ4v) is 2.89. The molecule has 1 N–H and O–H groups in total. The van der Waals surface area contributed by atoms with E-state index >= 15 is 0 Å². The average molecular weight is 376 g/mol. The minimum absolute atomic E-state index is 0.0665. The molecule has 1 aromatic heterocycles. The SMILES string of the molecule is Cc1ccc(Cn2c(=O)c(C(=O)NC3CC3)nn(-c3ccccc3)c2=O)cc1. The van der Waals surface area contributed by atoms with Crippen molar-refractivity contribution in [3.05, 3.63) is 92.3 Å². The highest BCUT2D eigenvalue weighted by Crippen LogP contribution is 2.18. The molecule has 142 valence electrons. The molecule has 7 heteroatoms. The number of aromatic nitrogens is 3. The fraction of sp³-hybridized carbons (Fsp3) is 0.238. The number of aryl methyl sites for hydroxylation is 1. The molecule has 0 spiro atoms. The Labute approximate surface area is 161 Å². The molecule has 7 nitrogen and oxygen atoms in total. The quantitative estimate of drug-likeness (QED) is 0.734. The zero-order valence-electron chi connectivity index (χ0n) is 15.5. The van der Waals surface area contributed by atoms with Gasteiger partial charge in [0.25, 0.3) is 11.5 Å². The van der Waals surface area contributed by atoms with E-state index in [0.717, 1.165) is 33.2 Å². The molecule has 1 aliphatic carbocycles. The standard InChI is InChI=1S/C21H20N4O3/c1-14-7-9-15(10-8-14)13-24-20(27)18(19(26)22-16-11-12-16)23-25(21(24)28)17-5-3-2-4-6-17/h2-10,16H,11-13H2,1H3,(H,22,26). The molecular weight excluding hydrogens is 356 g/mol. The molecule has 4 rings (SSSR count). The molecule has 1 amide bonds. The fourth-order valence-electron chi connectivity index (χ4n) is 2.89. The van der Waals surface area contributed by atoms with Crippen LogP contribution in [-0.4, -0.2) is 26.3 Å². The number of hydrogen-bond donors (Lipinski definition) is 1. The predicted molar refractivity (Wildman–Crippen MR) is 105 cm³/mol. The summed E-state index contributed by atoms with van der Waals surface area (Å²) in [6.45, 7) is 2.03. The largest absolute Gasteiger partial charge is 0.352 e. The van der Waals surface area contributed by atoms with Crippen molar-refractivity contribution in [1.82, 2.24) is 19.7 Å². The van der Waals surface area contributed by atoms with Gasteiger partial charge in [0.2, 0.25) is 5.69 Å². The summed E-state index contributed by atoms with van der Waals surface area (Å²) in [4.78, 5) is 38.5. The first-order chi connectivity index (χ1) is 13.5. The van der Waals surface area contributed by atoms with Gasteiger partial charge in [-0.1, -0.05) is 48.0 Å². The van der Waals surface area contributed by atoms with Crippen molar-refractivity contribution >= 4 is 5.91 Å². The Morgan fingerprint density at radius 1 is 1.07 bits per heavy atom. The Kier molecular flexibility index (Phi) is 4.65. The van der Waals surface area contributed by atoms with E-state index in [1.165, 1.54) is 0 Å². The van der Waals surface area contributed by atoms with Gasteiger partial charge >= 0.3 is 5.69 Å². The molecular formula is C21H20N4O3. The van der Waals surface area contributed by atoms with Crippen molar-refractivity contribution in [3.63, 3.8) is 0 Å². The number of benzene rings is 2. The molecule has 0 bridgehead atoms. The number of amides is 1. The highest BCUT2D eigenvalue weighted by Gasteiger charge is 2.27. The summed E-state index contributed by atoms with van der Waals surface area (Å²) in [7, 11) is 0. The normalized spacial score (nSPS) is 13.3. The lowest BCUT2D eigenvalue weighted by Gasteiger charge is -2.12. The lowest BCUT2D eigenvalue weighted by molar-refractivity contribution is 0.0941. The summed E-state index contributed by atoms with van der Waals surface area (Å²) in [6.07, 6.45) is 1.78. The third kappa shape index (κ3) is 3.64. The first-order valence-electron chi connectivity index (χ1n) is 9.19. The molecule has 1 aliphatic rings. The summed E-state index contributed by atoms with van der Waals surface area (Å²) >= 11 is 0. The van der Waals surface area contributed by atoms with Gasteiger partial charge in [0.1, 0.15) is 0 Å². The van der Waals surface area contributed by atoms with Crippen LogP contribution in [0.3, 0.4) is 0 Å². The zero-order chi connectivity index (χ0) is 19.7. The van der Waals surface area contributed by atoms with E-state index in [9.17, 15) is 14.4 Å². The smallest absolute Gasteiger partial charge is 0.348 e. The van der Waals surface area contributed by atoms with Crippen LogP contribution < -0.4 is 16.6 Å². The van der Waals surface area contributed by atoms with Gasteiger partial charge in [-0.3, -0.25) is 14.2 Å². The van der Waals surface area contributed by atoms with Gasteiger partial charge in [-0.25, -0.2) is 4.79 Å². The van der Waals surface area contributed by atoms with Crippen LogP contribution in [0.15, 0.2) is 64.2 Å². The summed E-state index contributed by atoms with van der Waals surface area (Å²) in [5, 5.41) is 6.88. The average Bonchev–Trinajstić information content (AvgIpc) is 3.51. The van der Waals surface area contributed by atoms with Crippen molar-refractivity contribution in [2.75, 3.05) is 0 Å². The topological polar surface area (TPSA) is 86.0 Å². The van der Waals surface area contributed by atoms with Gasteiger partial charge < -0.3 is 5.32 Å². The van der Waals surface area contributed by atoms with Gasteiger partial charge in [-0.05, 0) is 37.5 Å². The van der Waals surface area contributed by atoms with E-state index in [-0.39, 0.29) is 18.3 Å². The first kappa shape index (κ1) is 17.9. The molecule has 3 aromatic rings. The van der Waals surface area contributed by atoms with Gasteiger partial charge in [-0.2, -0.15) is 9.78 Å². The van der Waals surface area contributed by atoms with Gasteiger partial charge in [0.05, 0.1) is 12.2 Å². The monoisotopic (exact) mass is 376 g/mol. The van der Waals surface area contributed by atoms with E-state index in [1.54, 1.807) is 24.3 Å². The Hall–Kier alpha value is -3.48. The molecule has 28 heavy (non-hydrogen) atoms. The van der Waals surface area contributed by atoms with Crippen LogP contribution >= 0.6 is 0 Å². The second-order valence-electron chi connectivity index (χ2n) is 7.00. The summed E-state index contributed by atoms with van der Waals surface area (Å²) < 4.78 is 2.17. The summed E-state index contributed by atoms with van der Waals surface area (Å²) in [6, 6.07) is 16.4. The van der Waals surface area contributed by atoms with E-state index in [0.29, 0.717) is 5.69 Å². The molecule has 0 unspecified atom stereocenters. The van der Waals surface area contributed by atoms with E-state index in [2.05, 4.69) is 10.4 Å². The molecule has 1 heterocycles. The van der Waals surface area contributed by atoms with Crippen LogP contribution in [0.4, 0.5) is 0 Å². The van der Waals surface area contributed by atoms with E-state index < -0.39 is 17.2 Å². The second-order valence-corrected chi connectivity index (χ2v) is 7.00. The molecule has 1 saturated carbocycles. The Balaban J connectivity index is 1.85. The zero-order valence-corrected chi connectivity index (χ0v) is 15.5. The molecule has 0 radical (unpaired) electrons. The van der Waals surface area contributed by atoms with E-state index in [4.69, 9.17) is 0 Å². The van der Waals surface area contributed by atoms with Crippen LogP contribution in [0, 0.1) is 6.92 Å². The van der Waals surface area contributed by atoms with Crippen molar-refractivity contribution in [3.8, 4) is 5.69 Å². The summed E-state index contributed by atoms with van der Waals surface area (Å²) in [5.41, 5.74) is 0.824. The van der Waals surface area contributed by atoms with Crippen molar-refractivity contribution in [1.29, 1.82) is 0 Å². The molecule has 2 aromatic carbocycles. The maximum absolute atomic E-state index is 13.0. The number of nitrogens with zero attached hydrogens (tertiary/aromatic N) is 3. The number of hydrogen-bond acceptors (Lipinski definition) is 4. The molecule has 0 atom stereocenters. The maximum atomic E-state index is 13.0. The second kappa shape index (κ2) is 7.26. The predicted octanol–water partition coefficient (Wildman–Crippen LogP) is 1.64. The third-order valence-corrected chi connectivity index (χ3v) is 4.65. The van der Waals surface area contributed by atoms with Crippen LogP contribution in [0.5, 0.6) is 0 Å². The lowest BCUT2D eigenvalue weighted by Crippen LogP contribution is -2.46. The third-order valence-electron chi connectivity index (χ3n) is 4.65.